The van der Waals surface area contributed by atoms with E-state index in [1.807, 2.05) is 12.2 Å². The summed E-state index contributed by atoms with van der Waals surface area (Å²) in [5.41, 5.74) is 8.66. The Balaban J connectivity index is 1.75. The summed E-state index contributed by atoms with van der Waals surface area (Å²) in [6.45, 7) is 0.418. The lowest BCUT2D eigenvalue weighted by Gasteiger charge is -2.28. The van der Waals surface area contributed by atoms with Crippen molar-refractivity contribution in [3.63, 3.8) is 0 Å². The molecular formula is C15H19F2N5O. The number of nitrogens with two attached hydrogens (primary N) is 1. The zero-order valence-corrected chi connectivity index (χ0v) is 12.6. The minimum Gasteiger partial charge on any atom is -0.364 e. The molecule has 23 heavy (non-hydrogen) atoms. The third-order valence-corrected chi connectivity index (χ3v) is 4.19. The summed E-state index contributed by atoms with van der Waals surface area (Å²) in [6, 6.07) is 1.59. The molecule has 1 aliphatic heterocycles. The molecule has 6 nitrogen and oxygen atoms in total. The number of nitrogens with one attached hydrogen (secondary N) is 1. The highest BCUT2D eigenvalue weighted by molar-refractivity contribution is 5.92. The van der Waals surface area contributed by atoms with E-state index >= 15 is 0 Å². The Hall–Kier alpha value is -2.38. The van der Waals surface area contributed by atoms with E-state index in [9.17, 15) is 13.6 Å². The summed E-state index contributed by atoms with van der Waals surface area (Å²) in [7, 11) is 0. The van der Waals surface area contributed by atoms with Crippen LogP contribution in [0.25, 0.3) is 0 Å². The highest BCUT2D eigenvalue weighted by Crippen LogP contribution is 2.36. The van der Waals surface area contributed by atoms with Crippen LogP contribution in [-0.4, -0.2) is 21.6 Å². The highest BCUT2D eigenvalue weighted by atomic mass is 19.3. The lowest BCUT2D eigenvalue weighted by atomic mass is 9.87. The predicted octanol–water partition coefficient (Wildman–Crippen LogP) is 2.16. The molecule has 0 aromatic carbocycles. The second-order valence-electron chi connectivity index (χ2n) is 5.93. The van der Waals surface area contributed by atoms with Gasteiger partial charge >= 0.3 is 0 Å². The van der Waals surface area contributed by atoms with Gasteiger partial charge in [-0.3, -0.25) is 9.48 Å². The number of aromatic nitrogens is 2. The Morgan fingerprint density at radius 3 is 2.74 bits per heavy atom. The number of nitrogens with zero attached hydrogens (tertiary/aromatic N) is 3. The van der Waals surface area contributed by atoms with Crippen molar-refractivity contribution < 1.29 is 13.6 Å². The molecule has 124 valence electrons. The fourth-order valence-corrected chi connectivity index (χ4v) is 2.89. The van der Waals surface area contributed by atoms with Crippen LogP contribution in [-0.2, 0) is 6.54 Å². The number of hydrogen-bond acceptors (Lipinski definition) is 4. The SMILES string of the molecule is NC(=O)c1cc(N2C=CC=CN2)nn1CC1CCC(F)(F)CC1. The van der Waals surface area contributed by atoms with Gasteiger partial charge in [0, 0.05) is 37.9 Å². The van der Waals surface area contributed by atoms with Crippen molar-refractivity contribution in [2.24, 2.45) is 11.7 Å². The van der Waals surface area contributed by atoms with Gasteiger partial charge in [-0.15, -0.1) is 0 Å². The zero-order valence-electron chi connectivity index (χ0n) is 12.6. The van der Waals surface area contributed by atoms with Gasteiger partial charge in [-0.25, -0.2) is 13.8 Å². The zero-order chi connectivity index (χ0) is 16.4. The quantitative estimate of drug-likeness (QED) is 0.890. The number of carbonyl (C=O) groups is 1. The van der Waals surface area contributed by atoms with Crippen molar-refractivity contribution in [3.8, 4) is 0 Å². The van der Waals surface area contributed by atoms with Crippen LogP contribution in [0.3, 0.4) is 0 Å². The van der Waals surface area contributed by atoms with Crippen molar-refractivity contribution in [1.29, 1.82) is 0 Å². The average Bonchev–Trinajstić information content (AvgIpc) is 2.94. The smallest absolute Gasteiger partial charge is 0.267 e. The third-order valence-electron chi connectivity index (χ3n) is 4.19. The first-order valence-corrected chi connectivity index (χ1v) is 7.59. The minimum absolute atomic E-state index is 0.0743. The van der Waals surface area contributed by atoms with Crippen LogP contribution in [0.15, 0.2) is 30.6 Å². The van der Waals surface area contributed by atoms with Crippen LogP contribution >= 0.6 is 0 Å². The largest absolute Gasteiger partial charge is 0.364 e. The van der Waals surface area contributed by atoms with Crippen molar-refractivity contribution in [1.82, 2.24) is 15.2 Å². The van der Waals surface area contributed by atoms with Crippen molar-refractivity contribution in [3.05, 3.63) is 36.3 Å². The van der Waals surface area contributed by atoms with Gasteiger partial charge in [0.1, 0.15) is 5.69 Å². The summed E-state index contributed by atoms with van der Waals surface area (Å²) in [5.74, 6) is -2.54. The van der Waals surface area contributed by atoms with Gasteiger partial charge < -0.3 is 11.2 Å². The summed E-state index contributed by atoms with van der Waals surface area (Å²) < 4.78 is 28.0. The molecule has 3 rings (SSSR count). The van der Waals surface area contributed by atoms with E-state index in [4.69, 9.17) is 5.73 Å². The lowest BCUT2D eigenvalue weighted by Crippen LogP contribution is -2.31. The molecule has 1 aliphatic carbocycles. The molecule has 1 amide bonds. The molecular weight excluding hydrogens is 304 g/mol. The van der Waals surface area contributed by atoms with Gasteiger partial charge in [0.2, 0.25) is 5.92 Å². The number of carbonyl (C=O) groups excluding carboxylic acids is 1. The molecule has 0 radical (unpaired) electrons. The normalized spacial score (nSPS) is 20.5. The van der Waals surface area contributed by atoms with Gasteiger partial charge in [-0.05, 0) is 30.9 Å². The van der Waals surface area contributed by atoms with Crippen LogP contribution < -0.4 is 16.2 Å². The molecule has 1 aromatic rings. The van der Waals surface area contributed by atoms with Gasteiger partial charge in [-0.1, -0.05) is 0 Å². The van der Waals surface area contributed by atoms with Crippen LogP contribution in [0.2, 0.25) is 0 Å². The summed E-state index contributed by atoms with van der Waals surface area (Å²) in [6.07, 6.45) is 7.76. The molecule has 8 heteroatoms. The van der Waals surface area contributed by atoms with E-state index in [-0.39, 0.29) is 24.5 Å². The van der Waals surface area contributed by atoms with E-state index < -0.39 is 11.8 Å². The standard InChI is InChI=1S/C15H19F2N5O/c16-15(17)5-3-11(4-6-15)10-22-12(14(18)23)9-13(20-22)21-8-2-1-7-19-21/h1-2,7-9,11,19H,3-6,10H2,(H2,18,23). The van der Waals surface area contributed by atoms with Crippen LogP contribution in [0.4, 0.5) is 14.6 Å². The van der Waals surface area contributed by atoms with E-state index in [0.29, 0.717) is 25.2 Å². The summed E-state index contributed by atoms with van der Waals surface area (Å²) in [5, 5.41) is 6.04. The first-order valence-electron chi connectivity index (χ1n) is 7.59. The molecule has 2 heterocycles. The van der Waals surface area contributed by atoms with Gasteiger partial charge in [0.05, 0.1) is 0 Å². The van der Waals surface area contributed by atoms with Crippen LogP contribution in [0.5, 0.6) is 0 Å². The number of anilines is 1. The summed E-state index contributed by atoms with van der Waals surface area (Å²) in [4.78, 5) is 11.6. The average molecular weight is 323 g/mol. The first kappa shape index (κ1) is 15.5. The second kappa shape index (κ2) is 6.02. The maximum absolute atomic E-state index is 13.2. The number of allylic oxidation sites excluding steroid dienone is 2. The Kier molecular flexibility index (Phi) is 4.06. The number of hydrazine groups is 1. The molecule has 1 aromatic heterocycles. The Labute approximate surface area is 132 Å². The molecule has 0 atom stereocenters. The fraction of sp³-hybridized carbons (Fsp3) is 0.467. The lowest BCUT2D eigenvalue weighted by molar-refractivity contribution is -0.0477. The predicted molar refractivity (Wildman–Crippen MR) is 81.5 cm³/mol. The third kappa shape index (κ3) is 3.52. The van der Waals surface area contributed by atoms with Crippen LogP contribution in [0, 0.1) is 5.92 Å². The number of alkyl halides is 2. The minimum atomic E-state index is -2.56. The second-order valence-corrected chi connectivity index (χ2v) is 5.93. The van der Waals surface area contributed by atoms with Crippen molar-refractivity contribution in [2.45, 2.75) is 38.2 Å². The molecule has 1 fully saturated rings. The van der Waals surface area contributed by atoms with Gasteiger partial charge in [0.25, 0.3) is 5.91 Å². The molecule has 1 saturated carbocycles. The topological polar surface area (TPSA) is 76.2 Å². The number of primary amides is 1. The monoisotopic (exact) mass is 323 g/mol. The highest BCUT2D eigenvalue weighted by Gasteiger charge is 2.35. The maximum Gasteiger partial charge on any atom is 0.267 e. The molecule has 0 spiro atoms. The van der Waals surface area contributed by atoms with E-state index in [1.54, 1.807) is 23.5 Å². The van der Waals surface area contributed by atoms with E-state index in [1.165, 1.54) is 4.68 Å². The molecule has 2 aliphatic rings. The molecule has 0 saturated heterocycles. The Bertz CT molecular complexity index is 642. The van der Waals surface area contributed by atoms with Gasteiger partial charge in [0.15, 0.2) is 5.82 Å². The fourth-order valence-electron chi connectivity index (χ4n) is 2.89. The molecule has 0 bridgehead atoms. The van der Waals surface area contributed by atoms with Crippen LogP contribution in [0.1, 0.15) is 36.2 Å². The number of hydrogen-bond donors (Lipinski definition) is 2. The number of rotatable bonds is 4. The number of amides is 1. The summed E-state index contributed by atoms with van der Waals surface area (Å²) >= 11 is 0. The Morgan fingerprint density at radius 2 is 2.13 bits per heavy atom. The number of halogens is 2. The van der Waals surface area contributed by atoms with Gasteiger partial charge in [-0.2, -0.15) is 5.10 Å². The van der Waals surface area contributed by atoms with Crippen molar-refractivity contribution in [2.75, 3.05) is 5.01 Å². The first-order chi connectivity index (χ1) is 10.9. The molecule has 0 unspecified atom stereocenters. The Morgan fingerprint density at radius 1 is 1.39 bits per heavy atom. The van der Waals surface area contributed by atoms with E-state index in [0.717, 1.165) is 0 Å². The van der Waals surface area contributed by atoms with Crippen molar-refractivity contribution >= 4 is 11.7 Å². The molecule has 3 N–H and O–H groups in total. The maximum atomic E-state index is 13.2. The van der Waals surface area contributed by atoms with E-state index in [2.05, 4.69) is 10.5 Å².